The largest absolute Gasteiger partial charge is 0.366 e. The quantitative estimate of drug-likeness (QED) is 0.549. The van der Waals surface area contributed by atoms with E-state index in [9.17, 15) is 9.59 Å². The van der Waals surface area contributed by atoms with E-state index in [1.54, 1.807) is 0 Å². The molecular weight excluding hydrogens is 144 g/mol. The fourth-order valence-electron chi connectivity index (χ4n) is 0.144. The molecule has 2 amide bonds. The van der Waals surface area contributed by atoms with Crippen molar-refractivity contribution in [3.63, 3.8) is 0 Å². The van der Waals surface area contributed by atoms with Crippen molar-refractivity contribution in [1.82, 2.24) is 5.32 Å². The minimum absolute atomic E-state index is 0.0787. The highest BCUT2D eigenvalue weighted by molar-refractivity contribution is 5.84. The summed E-state index contributed by atoms with van der Waals surface area (Å²) in [5.41, 5.74) is 4.53. The van der Waals surface area contributed by atoms with Crippen LogP contribution in [0.4, 0.5) is 0 Å². The lowest BCUT2D eigenvalue weighted by atomic mass is 10.6. The second kappa shape index (κ2) is 8.42. The highest BCUT2D eigenvalue weighted by atomic mass is 16.1. The second-order valence-corrected chi connectivity index (χ2v) is 1.51. The summed E-state index contributed by atoms with van der Waals surface area (Å²) in [6, 6.07) is 0. The fourth-order valence-corrected chi connectivity index (χ4v) is 0.144. The predicted molar refractivity (Wildman–Crippen MR) is 43.4 cm³/mol. The fraction of sp³-hybridized carbons (Fsp3) is 0.143. The molecule has 0 aliphatic rings. The van der Waals surface area contributed by atoms with E-state index in [0.717, 1.165) is 6.08 Å². The van der Waals surface area contributed by atoms with Gasteiger partial charge in [-0.05, 0) is 12.3 Å². The zero-order valence-corrected chi connectivity index (χ0v) is 6.46. The molecular formula is C7H12N2O2. The lowest BCUT2D eigenvalue weighted by Crippen LogP contribution is -2.10. The number of hydrogen-bond donors (Lipinski definition) is 2. The van der Waals surface area contributed by atoms with Crippen molar-refractivity contribution in [1.29, 1.82) is 0 Å². The standard InChI is InChI=1S/C4H7NO.C3H5NO/c1-3-5-4(2)6;1-2-3(4)5/h3H,1H2,2H3,(H,5,6);2H,1H2,(H2,4,5). The first kappa shape index (κ1) is 12.1. The molecule has 11 heavy (non-hydrogen) atoms. The third kappa shape index (κ3) is 29.7. The summed E-state index contributed by atoms with van der Waals surface area (Å²) < 4.78 is 0. The molecule has 0 aliphatic heterocycles. The molecule has 0 aliphatic carbocycles. The number of amides is 2. The number of hydrogen-bond acceptors (Lipinski definition) is 2. The maximum absolute atomic E-state index is 9.86. The van der Waals surface area contributed by atoms with E-state index in [1.165, 1.54) is 13.1 Å². The first-order chi connectivity index (χ1) is 5.04. The number of primary amides is 1. The van der Waals surface area contributed by atoms with Gasteiger partial charge in [0, 0.05) is 6.92 Å². The molecule has 0 fully saturated rings. The number of nitrogens with two attached hydrogens (primary N) is 1. The number of nitrogens with one attached hydrogen (secondary N) is 1. The molecule has 0 atom stereocenters. The normalized spacial score (nSPS) is 6.64. The third-order valence-electron chi connectivity index (χ3n) is 0.507. The Labute approximate surface area is 65.8 Å². The van der Waals surface area contributed by atoms with Crippen LogP contribution in [0.3, 0.4) is 0 Å². The van der Waals surface area contributed by atoms with Gasteiger partial charge in [-0.15, -0.1) is 0 Å². The third-order valence-corrected chi connectivity index (χ3v) is 0.507. The molecule has 0 saturated heterocycles. The average Bonchev–Trinajstić information content (AvgIpc) is 1.89. The Hall–Kier alpha value is -1.58. The van der Waals surface area contributed by atoms with Gasteiger partial charge in [-0.2, -0.15) is 0 Å². The molecule has 0 bridgehead atoms. The van der Waals surface area contributed by atoms with E-state index in [-0.39, 0.29) is 5.91 Å². The van der Waals surface area contributed by atoms with Gasteiger partial charge in [-0.3, -0.25) is 9.59 Å². The lowest BCUT2D eigenvalue weighted by Gasteiger charge is -1.83. The lowest BCUT2D eigenvalue weighted by molar-refractivity contribution is -0.118. The molecule has 4 nitrogen and oxygen atoms in total. The molecule has 0 aromatic carbocycles. The van der Waals surface area contributed by atoms with Crippen LogP contribution in [0.1, 0.15) is 6.92 Å². The summed E-state index contributed by atoms with van der Waals surface area (Å²) in [5.74, 6) is -0.560. The zero-order chi connectivity index (χ0) is 9.28. The molecule has 4 heteroatoms. The molecule has 0 aromatic rings. The van der Waals surface area contributed by atoms with Crippen LogP contribution in [-0.2, 0) is 9.59 Å². The van der Waals surface area contributed by atoms with E-state index in [2.05, 4.69) is 24.2 Å². The maximum atomic E-state index is 9.86. The van der Waals surface area contributed by atoms with Crippen molar-refractivity contribution in [2.24, 2.45) is 5.73 Å². The Morgan fingerprint density at radius 2 is 1.82 bits per heavy atom. The Bertz CT molecular complexity index is 164. The molecule has 0 spiro atoms. The van der Waals surface area contributed by atoms with Crippen LogP contribution in [0, 0.1) is 0 Å². The van der Waals surface area contributed by atoms with Gasteiger partial charge in [0.05, 0.1) is 0 Å². The van der Waals surface area contributed by atoms with Crippen LogP contribution in [0.25, 0.3) is 0 Å². The SMILES string of the molecule is C=CC(N)=O.C=CNC(C)=O. The van der Waals surface area contributed by atoms with Crippen molar-refractivity contribution < 1.29 is 9.59 Å². The Morgan fingerprint density at radius 3 is 1.82 bits per heavy atom. The van der Waals surface area contributed by atoms with Gasteiger partial charge in [0.2, 0.25) is 11.8 Å². The van der Waals surface area contributed by atoms with Crippen molar-refractivity contribution in [2.75, 3.05) is 0 Å². The van der Waals surface area contributed by atoms with E-state index in [1.807, 2.05) is 0 Å². The van der Waals surface area contributed by atoms with Crippen molar-refractivity contribution >= 4 is 11.8 Å². The molecule has 0 saturated carbocycles. The first-order valence-electron chi connectivity index (χ1n) is 2.84. The molecule has 0 rings (SSSR count). The molecule has 62 valence electrons. The topological polar surface area (TPSA) is 72.2 Å². The van der Waals surface area contributed by atoms with Crippen LogP contribution in [-0.4, -0.2) is 11.8 Å². The predicted octanol–water partition coefficient (Wildman–Crippen LogP) is -0.0763. The summed E-state index contributed by atoms with van der Waals surface area (Å²) in [6.45, 7) is 7.79. The van der Waals surface area contributed by atoms with Crippen LogP contribution in [0.2, 0.25) is 0 Å². The number of carbonyl (C=O) groups excluding carboxylic acids is 2. The van der Waals surface area contributed by atoms with Gasteiger partial charge in [0.1, 0.15) is 0 Å². The Balaban J connectivity index is 0. The molecule has 0 heterocycles. The molecule has 0 aromatic heterocycles. The molecule has 3 N–H and O–H groups in total. The van der Waals surface area contributed by atoms with Gasteiger partial charge in [-0.25, -0.2) is 0 Å². The van der Waals surface area contributed by atoms with E-state index in [4.69, 9.17) is 0 Å². The summed E-state index contributed by atoms with van der Waals surface area (Å²) in [7, 11) is 0. The monoisotopic (exact) mass is 156 g/mol. The zero-order valence-electron chi connectivity index (χ0n) is 6.46. The van der Waals surface area contributed by atoms with Crippen molar-refractivity contribution in [3.05, 3.63) is 25.4 Å². The summed E-state index contributed by atoms with van der Waals surface area (Å²) >= 11 is 0. The van der Waals surface area contributed by atoms with E-state index < -0.39 is 5.91 Å². The van der Waals surface area contributed by atoms with Gasteiger partial charge >= 0.3 is 0 Å². The molecule has 0 radical (unpaired) electrons. The summed E-state index contributed by atoms with van der Waals surface area (Å²) in [5, 5.41) is 2.33. The van der Waals surface area contributed by atoms with Crippen molar-refractivity contribution in [3.8, 4) is 0 Å². The van der Waals surface area contributed by atoms with Crippen LogP contribution in [0.5, 0.6) is 0 Å². The van der Waals surface area contributed by atoms with Crippen LogP contribution >= 0.6 is 0 Å². The average molecular weight is 156 g/mol. The van der Waals surface area contributed by atoms with E-state index >= 15 is 0 Å². The highest BCUT2D eigenvalue weighted by Crippen LogP contribution is 1.54. The maximum Gasteiger partial charge on any atom is 0.240 e. The highest BCUT2D eigenvalue weighted by Gasteiger charge is 1.75. The molecule has 0 unspecified atom stereocenters. The Morgan fingerprint density at radius 1 is 1.45 bits per heavy atom. The first-order valence-corrected chi connectivity index (χ1v) is 2.84. The van der Waals surface area contributed by atoms with Gasteiger partial charge in [0.15, 0.2) is 0 Å². The summed E-state index contributed by atoms with van der Waals surface area (Å²) in [4.78, 5) is 19.3. The minimum Gasteiger partial charge on any atom is -0.366 e. The Kier molecular flexibility index (Phi) is 9.29. The van der Waals surface area contributed by atoms with Gasteiger partial charge < -0.3 is 11.1 Å². The van der Waals surface area contributed by atoms with Gasteiger partial charge in [-0.1, -0.05) is 13.2 Å². The van der Waals surface area contributed by atoms with Crippen LogP contribution < -0.4 is 11.1 Å². The number of carbonyl (C=O) groups is 2. The van der Waals surface area contributed by atoms with Gasteiger partial charge in [0.25, 0.3) is 0 Å². The van der Waals surface area contributed by atoms with Crippen molar-refractivity contribution in [2.45, 2.75) is 6.92 Å². The second-order valence-electron chi connectivity index (χ2n) is 1.51. The minimum atomic E-state index is -0.481. The number of rotatable bonds is 2. The summed E-state index contributed by atoms with van der Waals surface area (Å²) in [6.07, 6.45) is 2.41. The van der Waals surface area contributed by atoms with Crippen LogP contribution in [0.15, 0.2) is 25.4 Å². The van der Waals surface area contributed by atoms with E-state index in [0.29, 0.717) is 0 Å². The smallest absolute Gasteiger partial charge is 0.240 e.